The molecule has 0 saturated heterocycles. The van der Waals surface area contributed by atoms with Crippen molar-refractivity contribution in [3.8, 4) is 11.6 Å². The predicted molar refractivity (Wildman–Crippen MR) is 104 cm³/mol. The Bertz CT molecular complexity index is 943. The molecule has 3 rings (SSSR count). The minimum absolute atomic E-state index is 0.115. The number of aromatic nitrogens is 3. The molecule has 3 aromatic rings. The molecule has 2 heterocycles. The van der Waals surface area contributed by atoms with Crippen LogP contribution in [0, 0.1) is 27.7 Å². The quantitative estimate of drug-likeness (QED) is 0.463. The van der Waals surface area contributed by atoms with Crippen LogP contribution in [-0.2, 0) is 6.54 Å². The Morgan fingerprint density at radius 3 is 2.58 bits per heavy atom. The van der Waals surface area contributed by atoms with Crippen LogP contribution in [0.1, 0.15) is 39.5 Å². The molecule has 0 spiro atoms. The zero-order valence-electron chi connectivity index (χ0n) is 15.8. The number of furan rings is 1. The number of benzene rings is 1. The fourth-order valence-corrected chi connectivity index (χ4v) is 3.86. The maximum absolute atomic E-state index is 12.8. The number of ketones is 1. The number of thioether (sulfide) groups is 1. The molecular weight excluding hydrogens is 346 g/mol. The summed E-state index contributed by atoms with van der Waals surface area (Å²) in [4.78, 5) is 12.8. The topological polar surface area (TPSA) is 60.9 Å². The van der Waals surface area contributed by atoms with E-state index in [2.05, 4.69) is 31.0 Å². The van der Waals surface area contributed by atoms with Crippen LogP contribution in [0.2, 0.25) is 0 Å². The highest BCUT2D eigenvalue weighted by Gasteiger charge is 2.18. The summed E-state index contributed by atoms with van der Waals surface area (Å²) in [5, 5.41) is 9.20. The van der Waals surface area contributed by atoms with Gasteiger partial charge in [-0.1, -0.05) is 11.8 Å². The fourth-order valence-electron chi connectivity index (χ4n) is 2.98. The van der Waals surface area contributed by atoms with Crippen molar-refractivity contribution in [2.24, 2.45) is 0 Å². The fraction of sp³-hybridized carbons (Fsp3) is 0.350. The van der Waals surface area contributed by atoms with Crippen LogP contribution in [0.3, 0.4) is 0 Å². The highest BCUT2D eigenvalue weighted by molar-refractivity contribution is 7.99. The number of nitrogens with zero attached hydrogens (tertiary/aromatic N) is 3. The van der Waals surface area contributed by atoms with Gasteiger partial charge in [0.15, 0.2) is 22.5 Å². The molecule has 6 heteroatoms. The van der Waals surface area contributed by atoms with Crippen LogP contribution in [0.25, 0.3) is 11.6 Å². The molecule has 0 unspecified atom stereocenters. The second-order valence-electron chi connectivity index (χ2n) is 6.36. The van der Waals surface area contributed by atoms with Gasteiger partial charge >= 0.3 is 0 Å². The molecule has 5 nitrogen and oxygen atoms in total. The minimum atomic E-state index is 0.115. The maximum Gasteiger partial charge on any atom is 0.200 e. The number of carbonyl (C=O) groups is 1. The predicted octanol–water partition coefficient (Wildman–Crippen LogP) is 4.77. The van der Waals surface area contributed by atoms with Crippen molar-refractivity contribution >= 4 is 17.5 Å². The van der Waals surface area contributed by atoms with Gasteiger partial charge in [-0.15, -0.1) is 10.2 Å². The maximum atomic E-state index is 12.8. The SMILES string of the molecule is CCn1c(SCC(=O)c2cc(C)c(C)c(C)c2C)nnc1-c1ccco1. The van der Waals surface area contributed by atoms with Crippen LogP contribution in [0.5, 0.6) is 0 Å². The lowest BCUT2D eigenvalue weighted by Crippen LogP contribution is -2.09. The Balaban J connectivity index is 1.81. The van der Waals surface area contributed by atoms with Crippen LogP contribution in [0.15, 0.2) is 34.0 Å². The number of hydrogen-bond acceptors (Lipinski definition) is 5. The zero-order valence-corrected chi connectivity index (χ0v) is 16.6. The molecule has 0 aliphatic rings. The summed E-state index contributed by atoms with van der Waals surface area (Å²) in [6.45, 7) is 11.0. The van der Waals surface area contributed by atoms with E-state index in [1.165, 1.54) is 22.9 Å². The Labute approximate surface area is 157 Å². The van der Waals surface area contributed by atoms with Crippen molar-refractivity contribution in [2.45, 2.75) is 46.3 Å². The zero-order chi connectivity index (χ0) is 18.8. The third kappa shape index (κ3) is 3.33. The molecule has 2 aromatic heterocycles. The largest absolute Gasteiger partial charge is 0.461 e. The van der Waals surface area contributed by atoms with Crippen LogP contribution < -0.4 is 0 Å². The molecule has 136 valence electrons. The summed E-state index contributed by atoms with van der Waals surface area (Å²) in [6, 6.07) is 5.68. The molecule has 0 bridgehead atoms. The highest BCUT2D eigenvalue weighted by atomic mass is 32.2. The van der Waals surface area contributed by atoms with Gasteiger partial charge in [0, 0.05) is 12.1 Å². The number of carbonyl (C=O) groups excluding carboxylic acids is 1. The average molecular weight is 369 g/mol. The van der Waals surface area contributed by atoms with Gasteiger partial charge in [-0.3, -0.25) is 9.36 Å². The van der Waals surface area contributed by atoms with Crippen LogP contribution in [0.4, 0.5) is 0 Å². The van der Waals surface area contributed by atoms with Gasteiger partial charge in [0.25, 0.3) is 0 Å². The van der Waals surface area contributed by atoms with E-state index in [1.807, 2.05) is 36.6 Å². The van der Waals surface area contributed by atoms with Gasteiger partial charge < -0.3 is 4.42 Å². The molecule has 26 heavy (non-hydrogen) atoms. The standard InChI is InChI=1S/C20H23N3O2S/c1-6-23-19(18-8-7-9-25-18)21-22-20(23)26-11-17(24)16-10-12(2)13(3)14(4)15(16)5/h7-10H,6,11H2,1-5H3. The van der Waals surface area contributed by atoms with E-state index < -0.39 is 0 Å². The third-order valence-electron chi connectivity index (χ3n) is 4.89. The van der Waals surface area contributed by atoms with Crippen molar-refractivity contribution in [2.75, 3.05) is 5.75 Å². The Morgan fingerprint density at radius 2 is 1.92 bits per heavy atom. The monoisotopic (exact) mass is 369 g/mol. The first kappa shape index (κ1) is 18.5. The molecule has 0 N–H and O–H groups in total. The average Bonchev–Trinajstić information content (AvgIpc) is 3.29. The van der Waals surface area contributed by atoms with Gasteiger partial charge in [-0.25, -0.2) is 0 Å². The first-order valence-corrected chi connectivity index (χ1v) is 9.63. The first-order chi connectivity index (χ1) is 12.4. The van der Waals surface area contributed by atoms with Crippen molar-refractivity contribution in [3.05, 3.63) is 52.3 Å². The Kier molecular flexibility index (Phi) is 5.32. The Morgan fingerprint density at radius 1 is 1.15 bits per heavy atom. The number of hydrogen-bond donors (Lipinski definition) is 0. The molecule has 0 radical (unpaired) electrons. The third-order valence-corrected chi connectivity index (χ3v) is 5.86. The molecule has 0 aliphatic carbocycles. The number of aryl methyl sites for hydroxylation is 1. The summed E-state index contributed by atoms with van der Waals surface area (Å²) in [5.74, 6) is 1.81. The number of Topliss-reactive ketones (excluding diaryl/α,β-unsaturated/α-hetero) is 1. The van der Waals surface area contributed by atoms with Crippen molar-refractivity contribution in [1.29, 1.82) is 0 Å². The van der Waals surface area contributed by atoms with Gasteiger partial charge in [0.05, 0.1) is 12.0 Å². The molecule has 0 saturated carbocycles. The lowest BCUT2D eigenvalue weighted by molar-refractivity contribution is 0.102. The highest BCUT2D eigenvalue weighted by Crippen LogP contribution is 2.26. The van der Waals surface area contributed by atoms with E-state index in [9.17, 15) is 4.79 Å². The summed E-state index contributed by atoms with van der Waals surface area (Å²) in [5.41, 5.74) is 5.45. The molecule has 0 aliphatic heterocycles. The van der Waals surface area contributed by atoms with E-state index in [0.29, 0.717) is 23.9 Å². The summed E-state index contributed by atoms with van der Waals surface area (Å²) < 4.78 is 7.39. The second-order valence-corrected chi connectivity index (χ2v) is 7.30. The van der Waals surface area contributed by atoms with Crippen molar-refractivity contribution in [3.63, 3.8) is 0 Å². The molecule has 1 aromatic carbocycles. The van der Waals surface area contributed by atoms with E-state index >= 15 is 0 Å². The lowest BCUT2D eigenvalue weighted by atomic mass is 9.93. The van der Waals surface area contributed by atoms with Crippen molar-refractivity contribution < 1.29 is 9.21 Å². The smallest absolute Gasteiger partial charge is 0.200 e. The van der Waals surface area contributed by atoms with E-state index in [4.69, 9.17) is 4.42 Å². The first-order valence-electron chi connectivity index (χ1n) is 8.64. The van der Waals surface area contributed by atoms with Gasteiger partial charge in [-0.05, 0) is 75.1 Å². The summed E-state index contributed by atoms with van der Waals surface area (Å²) in [6.07, 6.45) is 1.62. The van der Waals surface area contributed by atoms with Crippen LogP contribution in [-0.4, -0.2) is 26.3 Å². The molecule has 0 atom stereocenters. The normalized spacial score (nSPS) is 11.1. The molecular formula is C20H23N3O2S. The van der Waals surface area contributed by atoms with Crippen molar-refractivity contribution in [1.82, 2.24) is 14.8 Å². The van der Waals surface area contributed by atoms with E-state index in [0.717, 1.165) is 21.8 Å². The molecule has 0 fully saturated rings. The summed E-state index contributed by atoms with van der Waals surface area (Å²) in [7, 11) is 0. The second kappa shape index (κ2) is 7.50. The summed E-state index contributed by atoms with van der Waals surface area (Å²) >= 11 is 1.42. The van der Waals surface area contributed by atoms with E-state index in [-0.39, 0.29) is 5.78 Å². The van der Waals surface area contributed by atoms with Gasteiger partial charge in [-0.2, -0.15) is 0 Å². The van der Waals surface area contributed by atoms with Crippen LogP contribution >= 0.6 is 11.8 Å². The number of rotatable bonds is 6. The van der Waals surface area contributed by atoms with E-state index in [1.54, 1.807) is 6.26 Å². The Hall–Kier alpha value is -2.34. The molecule has 0 amide bonds. The van der Waals surface area contributed by atoms with Gasteiger partial charge in [0.2, 0.25) is 0 Å². The van der Waals surface area contributed by atoms with Gasteiger partial charge in [0.1, 0.15) is 0 Å². The minimum Gasteiger partial charge on any atom is -0.461 e. The lowest BCUT2D eigenvalue weighted by Gasteiger charge is -2.13.